The maximum absolute atomic E-state index is 12.1. The van der Waals surface area contributed by atoms with Crippen LogP contribution in [-0.4, -0.2) is 49.9 Å². The zero-order valence-corrected chi connectivity index (χ0v) is 15.7. The molecule has 0 heterocycles. The molecule has 0 aromatic heterocycles. The van der Waals surface area contributed by atoms with Crippen molar-refractivity contribution < 1.29 is 9.59 Å². The first kappa shape index (κ1) is 20.9. The fraction of sp³-hybridized carbons (Fsp3) is 0.895. The quantitative estimate of drug-likeness (QED) is 0.598. The molecular formula is C19H37N3O2. The molecule has 0 unspecified atom stereocenters. The van der Waals surface area contributed by atoms with E-state index >= 15 is 0 Å². The summed E-state index contributed by atoms with van der Waals surface area (Å²) in [6.07, 6.45) is 14.3. The monoisotopic (exact) mass is 339 g/mol. The lowest BCUT2D eigenvalue weighted by Crippen LogP contribution is -2.45. The molecule has 0 atom stereocenters. The van der Waals surface area contributed by atoms with Crippen LogP contribution >= 0.6 is 0 Å². The molecule has 1 saturated carbocycles. The van der Waals surface area contributed by atoms with E-state index in [1.165, 1.54) is 44.9 Å². The fourth-order valence-corrected chi connectivity index (χ4v) is 3.24. The van der Waals surface area contributed by atoms with E-state index in [1.807, 2.05) is 14.1 Å². The van der Waals surface area contributed by atoms with Gasteiger partial charge in [-0.1, -0.05) is 57.8 Å². The normalized spacial score (nSPS) is 18.5. The maximum Gasteiger partial charge on any atom is 0.309 e. The van der Waals surface area contributed by atoms with E-state index in [1.54, 1.807) is 0 Å². The van der Waals surface area contributed by atoms with Crippen LogP contribution in [0.2, 0.25) is 0 Å². The zero-order valence-electron chi connectivity index (χ0n) is 15.7. The Hall–Kier alpha value is -1.10. The number of hydrogen-bond acceptors (Lipinski definition) is 3. The molecule has 0 aromatic carbocycles. The van der Waals surface area contributed by atoms with E-state index in [0.717, 1.165) is 38.6 Å². The molecule has 0 spiro atoms. The standard InChI is InChI=1S/C19H37N3O2/c1-22(2)16-12-15-20-18(23)19(24)21-17-13-10-8-6-4-3-5-7-9-11-14-17/h17H,3-16H2,1-2H3,(H,20,23)(H,21,24). The number of nitrogens with one attached hydrogen (secondary N) is 2. The molecule has 0 radical (unpaired) electrons. The van der Waals surface area contributed by atoms with Gasteiger partial charge in [0.05, 0.1) is 0 Å². The van der Waals surface area contributed by atoms with Crippen molar-refractivity contribution in [2.45, 2.75) is 83.1 Å². The summed E-state index contributed by atoms with van der Waals surface area (Å²) in [5, 5.41) is 5.68. The highest BCUT2D eigenvalue weighted by Gasteiger charge is 2.18. The van der Waals surface area contributed by atoms with Gasteiger partial charge in [0, 0.05) is 12.6 Å². The van der Waals surface area contributed by atoms with Crippen LogP contribution in [0.15, 0.2) is 0 Å². The summed E-state index contributed by atoms with van der Waals surface area (Å²) in [5.41, 5.74) is 0. The summed E-state index contributed by atoms with van der Waals surface area (Å²) in [6.45, 7) is 1.46. The first-order chi connectivity index (χ1) is 11.6. The minimum Gasteiger partial charge on any atom is -0.348 e. The van der Waals surface area contributed by atoms with Gasteiger partial charge in [-0.3, -0.25) is 9.59 Å². The minimum absolute atomic E-state index is 0.157. The number of hydrogen-bond donors (Lipinski definition) is 2. The predicted octanol–water partition coefficient (Wildman–Crippen LogP) is 2.84. The highest BCUT2D eigenvalue weighted by atomic mass is 16.2. The Morgan fingerprint density at radius 3 is 1.83 bits per heavy atom. The third-order valence-electron chi connectivity index (χ3n) is 4.71. The largest absolute Gasteiger partial charge is 0.348 e. The van der Waals surface area contributed by atoms with E-state index in [4.69, 9.17) is 0 Å². The summed E-state index contributed by atoms with van der Waals surface area (Å²) in [7, 11) is 4.00. The van der Waals surface area contributed by atoms with E-state index < -0.39 is 11.8 Å². The molecule has 140 valence electrons. The Labute approximate surface area is 147 Å². The lowest BCUT2D eigenvalue weighted by Gasteiger charge is -2.19. The Morgan fingerprint density at radius 2 is 1.33 bits per heavy atom. The van der Waals surface area contributed by atoms with Crippen molar-refractivity contribution >= 4 is 11.8 Å². The van der Waals surface area contributed by atoms with Crippen LogP contribution in [0.25, 0.3) is 0 Å². The molecule has 2 amide bonds. The number of amides is 2. The number of nitrogens with zero attached hydrogens (tertiary/aromatic N) is 1. The van der Waals surface area contributed by atoms with Crippen LogP contribution < -0.4 is 10.6 Å². The van der Waals surface area contributed by atoms with Crippen LogP contribution in [0.4, 0.5) is 0 Å². The Balaban J connectivity index is 2.30. The molecule has 5 nitrogen and oxygen atoms in total. The SMILES string of the molecule is CN(C)CCCNC(=O)C(=O)NC1CCCCCCCCCCC1. The van der Waals surface area contributed by atoms with Crippen LogP contribution in [0.5, 0.6) is 0 Å². The first-order valence-corrected chi connectivity index (χ1v) is 9.83. The molecule has 0 saturated heterocycles. The van der Waals surface area contributed by atoms with E-state index in [-0.39, 0.29) is 6.04 Å². The van der Waals surface area contributed by atoms with Gasteiger partial charge in [-0.25, -0.2) is 0 Å². The zero-order chi connectivity index (χ0) is 17.6. The molecule has 24 heavy (non-hydrogen) atoms. The van der Waals surface area contributed by atoms with Gasteiger partial charge in [0.15, 0.2) is 0 Å². The summed E-state index contributed by atoms with van der Waals surface area (Å²) in [5.74, 6) is -0.947. The maximum atomic E-state index is 12.1. The molecule has 0 aromatic rings. The summed E-state index contributed by atoms with van der Waals surface area (Å²) < 4.78 is 0. The predicted molar refractivity (Wildman–Crippen MR) is 98.9 cm³/mol. The van der Waals surface area contributed by atoms with E-state index in [0.29, 0.717) is 6.54 Å². The minimum atomic E-state index is -0.486. The van der Waals surface area contributed by atoms with Crippen molar-refractivity contribution in [2.75, 3.05) is 27.2 Å². The third-order valence-corrected chi connectivity index (χ3v) is 4.71. The second-order valence-corrected chi connectivity index (χ2v) is 7.34. The van der Waals surface area contributed by atoms with Gasteiger partial charge in [0.1, 0.15) is 0 Å². The molecule has 1 fully saturated rings. The van der Waals surface area contributed by atoms with Crippen LogP contribution in [-0.2, 0) is 9.59 Å². The third kappa shape index (κ3) is 10.6. The summed E-state index contributed by atoms with van der Waals surface area (Å²) in [4.78, 5) is 26.0. The summed E-state index contributed by atoms with van der Waals surface area (Å²) >= 11 is 0. The Kier molecular flexibility index (Phi) is 11.5. The molecule has 1 aliphatic rings. The second kappa shape index (κ2) is 13.2. The van der Waals surface area contributed by atoms with Crippen LogP contribution in [0.3, 0.4) is 0 Å². The molecule has 1 aliphatic carbocycles. The molecule has 0 aliphatic heterocycles. The van der Waals surface area contributed by atoms with Crippen molar-refractivity contribution in [3.8, 4) is 0 Å². The topological polar surface area (TPSA) is 61.4 Å². The van der Waals surface area contributed by atoms with Gasteiger partial charge >= 0.3 is 11.8 Å². The van der Waals surface area contributed by atoms with E-state index in [9.17, 15) is 9.59 Å². The van der Waals surface area contributed by atoms with Crippen molar-refractivity contribution in [2.24, 2.45) is 0 Å². The molecule has 2 N–H and O–H groups in total. The molecule has 5 heteroatoms. The molecular weight excluding hydrogens is 302 g/mol. The van der Waals surface area contributed by atoms with Gasteiger partial charge in [-0.05, 0) is 39.9 Å². The molecule has 1 rings (SSSR count). The van der Waals surface area contributed by atoms with Crippen molar-refractivity contribution in [1.82, 2.24) is 15.5 Å². The average molecular weight is 340 g/mol. The van der Waals surface area contributed by atoms with Crippen molar-refractivity contribution in [1.29, 1.82) is 0 Å². The van der Waals surface area contributed by atoms with Gasteiger partial charge in [-0.2, -0.15) is 0 Å². The van der Waals surface area contributed by atoms with Crippen LogP contribution in [0.1, 0.15) is 77.0 Å². The van der Waals surface area contributed by atoms with E-state index in [2.05, 4.69) is 15.5 Å². The molecule has 0 bridgehead atoms. The smallest absolute Gasteiger partial charge is 0.309 e. The number of carbonyl (C=O) groups excluding carboxylic acids is 2. The van der Waals surface area contributed by atoms with Gasteiger partial charge in [0.25, 0.3) is 0 Å². The second-order valence-electron chi connectivity index (χ2n) is 7.34. The lowest BCUT2D eigenvalue weighted by atomic mass is 9.98. The first-order valence-electron chi connectivity index (χ1n) is 9.83. The lowest BCUT2D eigenvalue weighted by molar-refractivity contribution is -0.139. The number of carbonyl (C=O) groups is 2. The van der Waals surface area contributed by atoms with Crippen molar-refractivity contribution in [3.63, 3.8) is 0 Å². The number of rotatable bonds is 5. The summed E-state index contributed by atoms with van der Waals surface area (Å²) in [6, 6.07) is 0.157. The van der Waals surface area contributed by atoms with Crippen molar-refractivity contribution in [3.05, 3.63) is 0 Å². The van der Waals surface area contributed by atoms with Gasteiger partial charge in [0.2, 0.25) is 0 Å². The fourth-order valence-electron chi connectivity index (χ4n) is 3.24. The van der Waals surface area contributed by atoms with Gasteiger partial charge < -0.3 is 15.5 Å². The Morgan fingerprint density at radius 1 is 0.833 bits per heavy atom. The van der Waals surface area contributed by atoms with Gasteiger partial charge in [-0.15, -0.1) is 0 Å². The highest BCUT2D eigenvalue weighted by molar-refractivity contribution is 6.35. The highest BCUT2D eigenvalue weighted by Crippen LogP contribution is 2.16. The average Bonchev–Trinajstić information content (AvgIpc) is 2.53. The Bertz CT molecular complexity index is 347. The van der Waals surface area contributed by atoms with Crippen LogP contribution in [0, 0.1) is 0 Å².